The first kappa shape index (κ1) is 30.2. The minimum atomic E-state index is 0.0238. The van der Waals surface area contributed by atoms with Crippen molar-refractivity contribution in [1.29, 1.82) is 0 Å². The number of anilines is 3. The molecular weight excluding hydrogens is 444 g/mol. The topological polar surface area (TPSA) is 184 Å². The SMILES string of the molecule is NCCCCNc1nc(NCCCCN)nc(NCCOCCOCCOCCOCCO)n1. The summed E-state index contributed by atoms with van der Waals surface area (Å²) in [5, 5.41) is 18.2. The summed E-state index contributed by atoms with van der Waals surface area (Å²) < 4.78 is 21.5. The quantitative estimate of drug-likeness (QED) is 0.0982. The van der Waals surface area contributed by atoms with Crippen LogP contribution in [0.15, 0.2) is 0 Å². The second-order valence-electron chi connectivity index (χ2n) is 7.25. The number of hydrogen-bond acceptors (Lipinski definition) is 13. The van der Waals surface area contributed by atoms with Gasteiger partial charge in [-0.2, -0.15) is 15.0 Å². The molecule has 0 atom stereocenters. The molecule has 0 bridgehead atoms. The number of hydrogen-bond donors (Lipinski definition) is 6. The van der Waals surface area contributed by atoms with E-state index in [1.807, 2.05) is 0 Å². The van der Waals surface area contributed by atoms with Crippen molar-refractivity contribution < 1.29 is 24.1 Å². The van der Waals surface area contributed by atoms with Crippen molar-refractivity contribution in [2.75, 3.05) is 108 Å². The van der Waals surface area contributed by atoms with Crippen LogP contribution in [0.2, 0.25) is 0 Å². The zero-order valence-electron chi connectivity index (χ0n) is 20.3. The maximum absolute atomic E-state index is 8.59. The van der Waals surface area contributed by atoms with Gasteiger partial charge in [0.1, 0.15) is 0 Å². The minimum absolute atomic E-state index is 0.0238. The number of ether oxygens (including phenoxy) is 4. The molecule has 0 saturated heterocycles. The Morgan fingerprint density at radius 3 is 1.32 bits per heavy atom. The van der Waals surface area contributed by atoms with Gasteiger partial charge in [0, 0.05) is 19.6 Å². The van der Waals surface area contributed by atoms with Gasteiger partial charge in [0.25, 0.3) is 0 Å². The molecule has 0 aromatic carbocycles. The lowest BCUT2D eigenvalue weighted by atomic mass is 10.3. The summed E-state index contributed by atoms with van der Waals surface area (Å²) in [6.07, 6.45) is 3.79. The largest absolute Gasteiger partial charge is 0.394 e. The predicted octanol–water partition coefficient (Wildman–Crippen LogP) is -0.356. The van der Waals surface area contributed by atoms with Crippen molar-refractivity contribution in [3.8, 4) is 0 Å². The molecule has 0 saturated carbocycles. The number of aliphatic hydroxyl groups excluding tert-OH is 1. The smallest absolute Gasteiger partial charge is 0.229 e. The summed E-state index contributed by atoms with van der Waals surface area (Å²) in [6, 6.07) is 0. The van der Waals surface area contributed by atoms with E-state index in [0.29, 0.717) is 90.3 Å². The third-order valence-corrected chi connectivity index (χ3v) is 4.34. The molecular formula is C21H44N8O5. The van der Waals surface area contributed by atoms with E-state index in [1.165, 1.54) is 0 Å². The van der Waals surface area contributed by atoms with Gasteiger partial charge in [0.15, 0.2) is 0 Å². The fraction of sp³-hybridized carbons (Fsp3) is 0.857. The molecule has 1 aromatic heterocycles. The predicted molar refractivity (Wildman–Crippen MR) is 132 cm³/mol. The zero-order chi connectivity index (χ0) is 24.5. The normalized spacial score (nSPS) is 11.0. The fourth-order valence-corrected chi connectivity index (χ4v) is 2.61. The van der Waals surface area contributed by atoms with Crippen LogP contribution >= 0.6 is 0 Å². The van der Waals surface area contributed by atoms with E-state index in [9.17, 15) is 0 Å². The number of unbranched alkanes of at least 4 members (excludes halogenated alkanes) is 2. The molecule has 0 amide bonds. The average Bonchev–Trinajstić information content (AvgIpc) is 2.85. The highest BCUT2D eigenvalue weighted by molar-refractivity contribution is 5.42. The van der Waals surface area contributed by atoms with Crippen molar-refractivity contribution in [3.63, 3.8) is 0 Å². The molecule has 198 valence electrons. The van der Waals surface area contributed by atoms with Crippen LogP contribution in [0.3, 0.4) is 0 Å². The molecule has 13 nitrogen and oxygen atoms in total. The molecule has 13 heteroatoms. The van der Waals surface area contributed by atoms with E-state index in [2.05, 4.69) is 30.9 Å². The summed E-state index contributed by atoms with van der Waals surface area (Å²) >= 11 is 0. The molecule has 1 heterocycles. The van der Waals surface area contributed by atoms with Crippen LogP contribution in [0.4, 0.5) is 17.8 Å². The molecule has 34 heavy (non-hydrogen) atoms. The van der Waals surface area contributed by atoms with Gasteiger partial charge in [-0.1, -0.05) is 0 Å². The van der Waals surface area contributed by atoms with Gasteiger partial charge in [-0.3, -0.25) is 0 Å². The van der Waals surface area contributed by atoms with Crippen molar-refractivity contribution in [2.24, 2.45) is 11.5 Å². The van der Waals surface area contributed by atoms with E-state index in [4.69, 9.17) is 35.5 Å². The van der Waals surface area contributed by atoms with Crippen molar-refractivity contribution in [1.82, 2.24) is 15.0 Å². The second kappa shape index (κ2) is 22.9. The first-order chi connectivity index (χ1) is 16.8. The Morgan fingerprint density at radius 2 is 0.912 bits per heavy atom. The molecule has 0 spiro atoms. The highest BCUT2D eigenvalue weighted by Crippen LogP contribution is 2.09. The van der Waals surface area contributed by atoms with Gasteiger partial charge in [-0.15, -0.1) is 0 Å². The molecule has 1 aromatic rings. The first-order valence-electron chi connectivity index (χ1n) is 12.1. The number of aliphatic hydroxyl groups is 1. The van der Waals surface area contributed by atoms with Gasteiger partial charge in [0.05, 0.1) is 59.5 Å². The first-order valence-corrected chi connectivity index (χ1v) is 12.1. The van der Waals surface area contributed by atoms with Crippen molar-refractivity contribution >= 4 is 17.8 Å². The van der Waals surface area contributed by atoms with Crippen molar-refractivity contribution in [3.05, 3.63) is 0 Å². The lowest BCUT2D eigenvalue weighted by Crippen LogP contribution is -2.17. The Bertz CT molecular complexity index is 558. The van der Waals surface area contributed by atoms with Crippen LogP contribution in [-0.2, 0) is 18.9 Å². The van der Waals surface area contributed by atoms with E-state index < -0.39 is 0 Å². The summed E-state index contributed by atoms with van der Waals surface area (Å²) in [4.78, 5) is 13.3. The Balaban J connectivity index is 2.20. The summed E-state index contributed by atoms with van der Waals surface area (Å²) in [5.74, 6) is 1.53. The second-order valence-corrected chi connectivity index (χ2v) is 7.25. The lowest BCUT2D eigenvalue weighted by Gasteiger charge is -2.11. The van der Waals surface area contributed by atoms with Crippen LogP contribution in [0.1, 0.15) is 25.7 Å². The van der Waals surface area contributed by atoms with E-state index >= 15 is 0 Å². The summed E-state index contributed by atoms with van der Waals surface area (Å²) in [5.41, 5.74) is 11.1. The lowest BCUT2D eigenvalue weighted by molar-refractivity contribution is -0.00464. The van der Waals surface area contributed by atoms with Gasteiger partial charge in [-0.05, 0) is 38.8 Å². The van der Waals surface area contributed by atoms with Crippen molar-refractivity contribution in [2.45, 2.75) is 25.7 Å². The molecule has 0 aliphatic rings. The summed E-state index contributed by atoms with van der Waals surface area (Å²) in [7, 11) is 0. The number of nitrogens with zero attached hydrogens (tertiary/aromatic N) is 3. The molecule has 0 aliphatic carbocycles. The number of rotatable bonds is 25. The van der Waals surface area contributed by atoms with Gasteiger partial charge >= 0.3 is 0 Å². The molecule has 0 unspecified atom stereocenters. The molecule has 0 radical (unpaired) electrons. The average molecular weight is 489 g/mol. The number of nitrogens with two attached hydrogens (primary N) is 2. The van der Waals surface area contributed by atoms with E-state index in [0.717, 1.165) is 38.8 Å². The van der Waals surface area contributed by atoms with Gasteiger partial charge < -0.3 is 51.5 Å². The van der Waals surface area contributed by atoms with E-state index in [-0.39, 0.29) is 6.61 Å². The maximum atomic E-state index is 8.59. The van der Waals surface area contributed by atoms with E-state index in [1.54, 1.807) is 0 Å². The highest BCUT2D eigenvalue weighted by Gasteiger charge is 2.06. The molecule has 0 fully saturated rings. The third-order valence-electron chi connectivity index (χ3n) is 4.34. The number of nitrogens with one attached hydrogen (secondary N) is 3. The van der Waals surface area contributed by atoms with Crippen LogP contribution < -0.4 is 27.4 Å². The molecule has 0 aliphatic heterocycles. The Hall–Kier alpha value is -1.87. The zero-order valence-corrected chi connectivity index (χ0v) is 20.3. The Morgan fingerprint density at radius 1 is 0.529 bits per heavy atom. The molecule has 1 rings (SSSR count). The van der Waals surface area contributed by atoms with Gasteiger partial charge in [-0.25, -0.2) is 0 Å². The summed E-state index contributed by atoms with van der Waals surface area (Å²) in [6.45, 7) is 7.15. The van der Waals surface area contributed by atoms with Crippen LogP contribution in [0.5, 0.6) is 0 Å². The Kier molecular flexibility index (Phi) is 20.3. The number of aromatic nitrogens is 3. The minimum Gasteiger partial charge on any atom is -0.394 e. The van der Waals surface area contributed by atoms with Crippen LogP contribution in [0.25, 0.3) is 0 Å². The maximum Gasteiger partial charge on any atom is 0.229 e. The molecule has 8 N–H and O–H groups in total. The standard InChI is InChI=1S/C21H44N8O5/c22-5-1-3-7-24-19-27-20(25-8-4-2-6-23)29-21(28-19)26-9-11-31-13-15-33-17-18-34-16-14-32-12-10-30/h30H,1-18,22-23H2,(H3,24,25,26,27,28,29). The Labute approximate surface area is 202 Å². The van der Waals surface area contributed by atoms with Crippen LogP contribution in [-0.4, -0.2) is 112 Å². The third kappa shape index (κ3) is 17.6. The van der Waals surface area contributed by atoms with Crippen LogP contribution in [0, 0.1) is 0 Å². The fourth-order valence-electron chi connectivity index (χ4n) is 2.61. The highest BCUT2D eigenvalue weighted by atomic mass is 16.6. The van der Waals surface area contributed by atoms with Gasteiger partial charge in [0.2, 0.25) is 17.8 Å². The monoisotopic (exact) mass is 488 g/mol.